The number of morpholine rings is 1. The Morgan fingerprint density at radius 2 is 2.09 bits per heavy atom. The lowest BCUT2D eigenvalue weighted by molar-refractivity contribution is 0.00191. The minimum absolute atomic E-state index is 0.101. The standard InChI is InChI=1S/C17H27N3O2S/c1-3-13(4-2)15(20-8-10-22-11-9-20)12-19-16(21)14-6-5-7-18-17(14)23/h5-7,13,15H,3-4,8-12H2,1-2H3,(H,18,23)(H,19,21)/t15-/m0/s1. The van der Waals surface area contributed by atoms with Crippen LogP contribution in [0.1, 0.15) is 37.0 Å². The second kappa shape index (κ2) is 9.15. The predicted octanol–water partition coefficient (Wildman–Crippen LogP) is 2.61. The average Bonchev–Trinajstić information content (AvgIpc) is 2.59. The number of hydrogen-bond donors (Lipinski definition) is 2. The number of pyridine rings is 1. The number of carbonyl (C=O) groups excluding carboxylic acids is 1. The summed E-state index contributed by atoms with van der Waals surface area (Å²) in [7, 11) is 0. The molecule has 0 aromatic carbocycles. The quantitative estimate of drug-likeness (QED) is 0.751. The number of aromatic nitrogens is 1. The lowest BCUT2D eigenvalue weighted by atomic mass is 9.92. The van der Waals surface area contributed by atoms with E-state index in [1.165, 1.54) is 0 Å². The second-order valence-corrected chi connectivity index (χ2v) is 6.32. The van der Waals surface area contributed by atoms with Gasteiger partial charge in [-0.05, 0) is 18.1 Å². The zero-order valence-corrected chi connectivity index (χ0v) is 14.8. The second-order valence-electron chi connectivity index (χ2n) is 5.92. The van der Waals surface area contributed by atoms with Gasteiger partial charge in [-0.25, -0.2) is 0 Å². The molecule has 2 rings (SSSR count). The lowest BCUT2D eigenvalue weighted by Crippen LogP contribution is -2.52. The summed E-state index contributed by atoms with van der Waals surface area (Å²) >= 11 is 5.19. The van der Waals surface area contributed by atoms with E-state index in [1.807, 2.05) is 0 Å². The summed E-state index contributed by atoms with van der Waals surface area (Å²) in [6, 6.07) is 3.90. The summed E-state index contributed by atoms with van der Waals surface area (Å²) in [6.45, 7) is 8.50. The number of nitrogens with zero attached hydrogens (tertiary/aromatic N) is 1. The number of hydrogen-bond acceptors (Lipinski definition) is 4. The van der Waals surface area contributed by atoms with Gasteiger partial charge < -0.3 is 15.0 Å². The van der Waals surface area contributed by atoms with Crippen molar-refractivity contribution < 1.29 is 9.53 Å². The Labute approximate surface area is 143 Å². The summed E-state index contributed by atoms with van der Waals surface area (Å²) in [6.07, 6.45) is 3.96. The van der Waals surface area contributed by atoms with Crippen molar-refractivity contribution in [1.29, 1.82) is 0 Å². The van der Waals surface area contributed by atoms with Crippen molar-refractivity contribution in [2.45, 2.75) is 32.7 Å². The number of H-pyrrole nitrogens is 1. The molecule has 1 fully saturated rings. The van der Waals surface area contributed by atoms with Gasteiger partial charge in [0.25, 0.3) is 5.91 Å². The highest BCUT2D eigenvalue weighted by molar-refractivity contribution is 7.71. The molecule has 2 N–H and O–H groups in total. The first kappa shape index (κ1) is 18.1. The van der Waals surface area contributed by atoms with Crippen LogP contribution in [0.5, 0.6) is 0 Å². The van der Waals surface area contributed by atoms with Crippen molar-refractivity contribution in [2.24, 2.45) is 5.92 Å². The molecule has 1 saturated heterocycles. The molecule has 128 valence electrons. The van der Waals surface area contributed by atoms with Gasteiger partial charge in [-0.1, -0.05) is 38.9 Å². The number of carbonyl (C=O) groups is 1. The molecule has 0 spiro atoms. The molecule has 6 heteroatoms. The maximum atomic E-state index is 12.4. The van der Waals surface area contributed by atoms with E-state index in [1.54, 1.807) is 18.3 Å². The molecule has 1 atom stereocenters. The van der Waals surface area contributed by atoms with Crippen molar-refractivity contribution in [3.63, 3.8) is 0 Å². The highest BCUT2D eigenvalue weighted by Crippen LogP contribution is 2.19. The molecule has 0 unspecified atom stereocenters. The summed E-state index contributed by atoms with van der Waals surface area (Å²) in [5.41, 5.74) is 0.535. The first-order valence-electron chi connectivity index (χ1n) is 8.45. The molecule has 1 amide bonds. The molecular formula is C17H27N3O2S. The maximum absolute atomic E-state index is 12.4. The van der Waals surface area contributed by atoms with E-state index in [2.05, 4.69) is 29.0 Å². The van der Waals surface area contributed by atoms with E-state index in [9.17, 15) is 4.79 Å². The predicted molar refractivity (Wildman–Crippen MR) is 94.2 cm³/mol. The number of rotatable bonds is 7. The van der Waals surface area contributed by atoms with Gasteiger partial charge in [-0.15, -0.1) is 0 Å². The normalized spacial score (nSPS) is 17.2. The van der Waals surface area contributed by atoms with E-state index in [0.29, 0.717) is 28.7 Å². The third-order valence-electron chi connectivity index (χ3n) is 4.64. The Balaban J connectivity index is 2.03. The van der Waals surface area contributed by atoms with E-state index in [0.717, 1.165) is 39.1 Å². The zero-order chi connectivity index (χ0) is 16.7. The number of ether oxygens (including phenoxy) is 1. The SMILES string of the molecule is CCC(CC)[C@H](CNC(=O)c1ccc[nH]c1=S)N1CCOCC1. The van der Waals surface area contributed by atoms with Crippen molar-refractivity contribution in [2.75, 3.05) is 32.8 Å². The van der Waals surface area contributed by atoms with Gasteiger partial charge in [0.15, 0.2) is 0 Å². The van der Waals surface area contributed by atoms with E-state index in [-0.39, 0.29) is 5.91 Å². The largest absolute Gasteiger partial charge is 0.379 e. The highest BCUT2D eigenvalue weighted by atomic mass is 32.1. The van der Waals surface area contributed by atoms with Gasteiger partial charge in [-0.2, -0.15) is 0 Å². The molecule has 1 aromatic heterocycles. The van der Waals surface area contributed by atoms with E-state index in [4.69, 9.17) is 17.0 Å². The van der Waals surface area contributed by atoms with Crippen LogP contribution in [0, 0.1) is 10.6 Å². The van der Waals surface area contributed by atoms with Crippen molar-refractivity contribution in [3.05, 3.63) is 28.5 Å². The molecule has 0 aliphatic carbocycles. The fourth-order valence-corrected chi connectivity index (χ4v) is 3.46. The van der Waals surface area contributed by atoms with Crippen LogP contribution >= 0.6 is 12.2 Å². The van der Waals surface area contributed by atoms with Crippen LogP contribution in [0.2, 0.25) is 0 Å². The Morgan fingerprint density at radius 1 is 1.39 bits per heavy atom. The average molecular weight is 337 g/mol. The first-order valence-corrected chi connectivity index (χ1v) is 8.85. The fraction of sp³-hybridized carbons (Fsp3) is 0.647. The Morgan fingerprint density at radius 3 is 2.70 bits per heavy atom. The van der Waals surface area contributed by atoms with Gasteiger partial charge in [0.2, 0.25) is 0 Å². The summed E-state index contributed by atoms with van der Waals surface area (Å²) in [5, 5.41) is 3.08. The molecular weight excluding hydrogens is 310 g/mol. The minimum atomic E-state index is -0.101. The van der Waals surface area contributed by atoms with Crippen LogP contribution in [0.25, 0.3) is 0 Å². The Hall–Kier alpha value is -1.24. The molecule has 0 radical (unpaired) electrons. The third kappa shape index (κ3) is 4.86. The van der Waals surface area contributed by atoms with Gasteiger partial charge >= 0.3 is 0 Å². The molecule has 1 aliphatic heterocycles. The first-order chi connectivity index (χ1) is 11.2. The lowest BCUT2D eigenvalue weighted by Gasteiger charge is -2.38. The fourth-order valence-electron chi connectivity index (χ4n) is 3.23. The van der Waals surface area contributed by atoms with Crippen LogP contribution in [-0.4, -0.2) is 54.7 Å². The van der Waals surface area contributed by atoms with Crippen LogP contribution in [0.15, 0.2) is 18.3 Å². The topological polar surface area (TPSA) is 57.4 Å². The van der Waals surface area contributed by atoms with Gasteiger partial charge in [0, 0.05) is 31.9 Å². The van der Waals surface area contributed by atoms with Crippen LogP contribution < -0.4 is 5.32 Å². The van der Waals surface area contributed by atoms with Crippen LogP contribution in [0.4, 0.5) is 0 Å². The van der Waals surface area contributed by atoms with E-state index >= 15 is 0 Å². The third-order valence-corrected chi connectivity index (χ3v) is 4.98. The van der Waals surface area contributed by atoms with Crippen molar-refractivity contribution in [3.8, 4) is 0 Å². The summed E-state index contributed by atoms with van der Waals surface area (Å²) in [5.74, 6) is 0.467. The zero-order valence-electron chi connectivity index (χ0n) is 14.0. The molecule has 1 aromatic rings. The Kier molecular flexibility index (Phi) is 7.20. The van der Waals surface area contributed by atoms with Gasteiger partial charge in [-0.3, -0.25) is 9.69 Å². The summed E-state index contributed by atoms with van der Waals surface area (Å²) in [4.78, 5) is 17.8. The summed E-state index contributed by atoms with van der Waals surface area (Å²) < 4.78 is 5.94. The number of nitrogens with one attached hydrogen (secondary N) is 2. The number of amides is 1. The molecule has 2 heterocycles. The van der Waals surface area contributed by atoms with Crippen molar-refractivity contribution >= 4 is 18.1 Å². The number of aromatic amines is 1. The Bertz CT molecular complexity index is 551. The van der Waals surface area contributed by atoms with E-state index < -0.39 is 0 Å². The minimum Gasteiger partial charge on any atom is -0.379 e. The van der Waals surface area contributed by atoms with Crippen LogP contribution in [0.3, 0.4) is 0 Å². The molecule has 1 aliphatic rings. The van der Waals surface area contributed by atoms with Crippen LogP contribution in [-0.2, 0) is 4.74 Å². The molecule has 23 heavy (non-hydrogen) atoms. The smallest absolute Gasteiger partial charge is 0.254 e. The molecule has 0 bridgehead atoms. The molecule has 0 saturated carbocycles. The van der Waals surface area contributed by atoms with Gasteiger partial charge in [0.05, 0.1) is 18.8 Å². The van der Waals surface area contributed by atoms with Crippen molar-refractivity contribution in [1.82, 2.24) is 15.2 Å². The highest BCUT2D eigenvalue weighted by Gasteiger charge is 2.27. The van der Waals surface area contributed by atoms with Gasteiger partial charge in [0.1, 0.15) is 4.64 Å². The molecule has 5 nitrogen and oxygen atoms in total. The maximum Gasteiger partial charge on any atom is 0.254 e. The monoisotopic (exact) mass is 337 g/mol.